The predicted octanol–water partition coefficient (Wildman–Crippen LogP) is 1.78. The molecular formula is C14H13NO4S3. The molecule has 0 radical (unpaired) electrons. The Morgan fingerprint density at radius 1 is 1.32 bits per heavy atom. The minimum absolute atomic E-state index is 0.0219. The highest BCUT2D eigenvalue weighted by Crippen LogP contribution is 2.36. The van der Waals surface area contributed by atoms with Crippen LogP contribution >= 0.6 is 24.0 Å². The topological polar surface area (TPSA) is 74.7 Å². The van der Waals surface area contributed by atoms with E-state index in [1.807, 2.05) is 0 Å². The molecule has 0 aliphatic carbocycles. The van der Waals surface area contributed by atoms with E-state index in [1.165, 1.54) is 28.8 Å². The van der Waals surface area contributed by atoms with Crippen LogP contribution in [0, 0.1) is 0 Å². The van der Waals surface area contributed by atoms with Crippen molar-refractivity contribution < 1.29 is 18.3 Å². The van der Waals surface area contributed by atoms with Gasteiger partial charge in [0.05, 0.1) is 22.5 Å². The molecule has 116 valence electrons. The number of aromatic hydroxyl groups is 1. The van der Waals surface area contributed by atoms with Crippen LogP contribution in [-0.2, 0) is 14.6 Å². The van der Waals surface area contributed by atoms with Crippen LogP contribution in [0.3, 0.4) is 0 Å². The van der Waals surface area contributed by atoms with Crippen molar-refractivity contribution >= 4 is 50.1 Å². The number of thioether (sulfide) groups is 1. The number of benzene rings is 1. The molecule has 0 bridgehead atoms. The summed E-state index contributed by atoms with van der Waals surface area (Å²) in [4.78, 5) is 14.4. The molecule has 1 N–H and O–H groups in total. The molecule has 2 saturated heterocycles. The molecule has 2 aliphatic rings. The Kier molecular flexibility index (Phi) is 4.00. The number of nitrogens with zero attached hydrogens (tertiary/aromatic N) is 1. The number of phenolic OH excluding ortho intramolecular Hbond substituents is 1. The van der Waals surface area contributed by atoms with Crippen molar-refractivity contribution in [3.63, 3.8) is 0 Å². The molecule has 3 rings (SSSR count). The van der Waals surface area contributed by atoms with Crippen LogP contribution in [0.25, 0.3) is 6.08 Å². The van der Waals surface area contributed by atoms with E-state index in [1.54, 1.807) is 18.2 Å². The van der Waals surface area contributed by atoms with Crippen LogP contribution in [0.15, 0.2) is 29.2 Å². The average Bonchev–Trinajstić information content (AvgIpc) is 2.93. The average molecular weight is 355 g/mol. The molecule has 8 heteroatoms. The van der Waals surface area contributed by atoms with Crippen molar-refractivity contribution in [2.75, 3.05) is 11.5 Å². The second-order valence-electron chi connectivity index (χ2n) is 5.20. The van der Waals surface area contributed by atoms with Gasteiger partial charge in [-0.1, -0.05) is 36.1 Å². The Morgan fingerprint density at radius 2 is 2.00 bits per heavy atom. The lowest BCUT2D eigenvalue weighted by Gasteiger charge is -2.20. The van der Waals surface area contributed by atoms with Gasteiger partial charge in [0, 0.05) is 0 Å². The lowest BCUT2D eigenvalue weighted by atomic mass is 10.2. The quantitative estimate of drug-likeness (QED) is 0.644. The van der Waals surface area contributed by atoms with Crippen LogP contribution in [0.4, 0.5) is 0 Å². The Hall–Kier alpha value is -1.38. The van der Waals surface area contributed by atoms with Gasteiger partial charge in [-0.2, -0.15) is 0 Å². The summed E-state index contributed by atoms with van der Waals surface area (Å²) in [5.41, 5.74) is 0.775. The van der Waals surface area contributed by atoms with E-state index in [-0.39, 0.29) is 29.2 Å². The standard InChI is InChI=1S/C14H13NO4S3/c16-11-3-1-9(2-4-11)7-12-13(17)15(14(20)21-12)10-5-6-22(18,19)8-10/h1-4,7,10,16H,5-6,8H2/b12-7-/t10-/m1/s1. The summed E-state index contributed by atoms with van der Waals surface area (Å²) in [5.74, 6) is -0.0106. The van der Waals surface area contributed by atoms with Gasteiger partial charge < -0.3 is 5.11 Å². The third-order valence-corrected chi connectivity index (χ3v) is 6.67. The van der Waals surface area contributed by atoms with Crippen molar-refractivity contribution in [2.24, 2.45) is 0 Å². The van der Waals surface area contributed by atoms with Gasteiger partial charge in [0.1, 0.15) is 10.1 Å². The zero-order valence-corrected chi connectivity index (χ0v) is 13.9. The minimum Gasteiger partial charge on any atom is -0.508 e. The zero-order valence-electron chi connectivity index (χ0n) is 11.4. The monoisotopic (exact) mass is 355 g/mol. The second-order valence-corrected chi connectivity index (χ2v) is 9.10. The largest absolute Gasteiger partial charge is 0.508 e. The molecule has 1 amide bonds. The van der Waals surface area contributed by atoms with E-state index in [2.05, 4.69) is 0 Å². The molecule has 1 aromatic rings. The molecule has 0 unspecified atom stereocenters. The maximum atomic E-state index is 12.5. The number of carbonyl (C=O) groups excluding carboxylic acids is 1. The van der Waals surface area contributed by atoms with Crippen LogP contribution in [-0.4, -0.2) is 46.2 Å². The number of rotatable bonds is 2. The first-order valence-corrected chi connectivity index (χ1v) is 9.67. The Labute approximate surface area is 137 Å². The number of carbonyl (C=O) groups is 1. The van der Waals surface area contributed by atoms with Gasteiger partial charge >= 0.3 is 0 Å². The maximum Gasteiger partial charge on any atom is 0.266 e. The summed E-state index contributed by atoms with van der Waals surface area (Å²) >= 11 is 6.42. The summed E-state index contributed by atoms with van der Waals surface area (Å²) in [6, 6.07) is 6.11. The molecule has 2 fully saturated rings. The molecule has 2 aliphatic heterocycles. The van der Waals surface area contributed by atoms with Crippen LogP contribution in [0.2, 0.25) is 0 Å². The lowest BCUT2D eigenvalue weighted by molar-refractivity contribution is -0.123. The first-order chi connectivity index (χ1) is 10.4. The van der Waals surface area contributed by atoms with Crippen molar-refractivity contribution in [3.8, 4) is 5.75 Å². The third kappa shape index (κ3) is 3.04. The predicted molar refractivity (Wildman–Crippen MR) is 90.2 cm³/mol. The van der Waals surface area contributed by atoms with E-state index in [0.717, 1.165) is 5.56 Å². The fourth-order valence-corrected chi connectivity index (χ4v) is 5.60. The van der Waals surface area contributed by atoms with Crippen molar-refractivity contribution in [2.45, 2.75) is 12.5 Å². The lowest BCUT2D eigenvalue weighted by Crippen LogP contribution is -2.39. The highest BCUT2D eigenvalue weighted by Gasteiger charge is 2.41. The Balaban J connectivity index is 1.84. The van der Waals surface area contributed by atoms with Gasteiger partial charge in [0.25, 0.3) is 5.91 Å². The molecule has 5 nitrogen and oxygen atoms in total. The first kappa shape index (κ1) is 15.5. The number of phenols is 1. The minimum atomic E-state index is -3.07. The van der Waals surface area contributed by atoms with E-state index >= 15 is 0 Å². The molecular weight excluding hydrogens is 342 g/mol. The summed E-state index contributed by atoms with van der Waals surface area (Å²) < 4.78 is 23.6. The number of hydrogen-bond acceptors (Lipinski definition) is 6. The van der Waals surface area contributed by atoms with Gasteiger partial charge in [-0.15, -0.1) is 0 Å². The normalized spacial score (nSPS) is 26.1. The number of hydrogen-bond donors (Lipinski definition) is 1. The van der Waals surface area contributed by atoms with Crippen LogP contribution in [0.5, 0.6) is 5.75 Å². The van der Waals surface area contributed by atoms with Crippen molar-refractivity contribution in [1.82, 2.24) is 4.90 Å². The van der Waals surface area contributed by atoms with Gasteiger partial charge in [-0.05, 0) is 30.2 Å². The SMILES string of the molecule is O=C1/C(=C/c2ccc(O)cc2)SC(=S)N1[C@@H]1CCS(=O)(=O)C1. The van der Waals surface area contributed by atoms with Gasteiger partial charge in [0.2, 0.25) is 0 Å². The fourth-order valence-electron chi connectivity index (χ4n) is 2.50. The first-order valence-electron chi connectivity index (χ1n) is 6.62. The molecule has 1 atom stereocenters. The molecule has 1 aromatic carbocycles. The van der Waals surface area contributed by atoms with Crippen LogP contribution < -0.4 is 0 Å². The van der Waals surface area contributed by atoms with Gasteiger partial charge in [0.15, 0.2) is 9.84 Å². The zero-order chi connectivity index (χ0) is 15.9. The summed E-state index contributed by atoms with van der Waals surface area (Å²) in [6.45, 7) is 0. The second kappa shape index (κ2) is 5.68. The fraction of sp³-hybridized carbons (Fsp3) is 0.286. The van der Waals surface area contributed by atoms with E-state index in [9.17, 15) is 18.3 Å². The Morgan fingerprint density at radius 3 is 2.59 bits per heavy atom. The third-order valence-electron chi connectivity index (χ3n) is 3.59. The number of sulfone groups is 1. The molecule has 0 aromatic heterocycles. The van der Waals surface area contributed by atoms with E-state index < -0.39 is 9.84 Å². The van der Waals surface area contributed by atoms with E-state index in [0.29, 0.717) is 15.6 Å². The maximum absolute atomic E-state index is 12.5. The number of amides is 1. The van der Waals surface area contributed by atoms with Crippen LogP contribution in [0.1, 0.15) is 12.0 Å². The highest BCUT2D eigenvalue weighted by atomic mass is 32.2. The number of thiocarbonyl (C=S) groups is 1. The molecule has 0 saturated carbocycles. The van der Waals surface area contributed by atoms with E-state index in [4.69, 9.17) is 12.2 Å². The molecule has 2 heterocycles. The molecule has 22 heavy (non-hydrogen) atoms. The molecule has 0 spiro atoms. The highest BCUT2D eigenvalue weighted by molar-refractivity contribution is 8.26. The summed E-state index contributed by atoms with van der Waals surface area (Å²) in [7, 11) is -3.07. The van der Waals surface area contributed by atoms with Gasteiger partial charge in [-0.3, -0.25) is 9.69 Å². The summed E-state index contributed by atoms with van der Waals surface area (Å²) in [5, 5.41) is 9.27. The van der Waals surface area contributed by atoms with Crippen molar-refractivity contribution in [3.05, 3.63) is 34.7 Å². The van der Waals surface area contributed by atoms with Gasteiger partial charge in [-0.25, -0.2) is 8.42 Å². The summed E-state index contributed by atoms with van der Waals surface area (Å²) in [6.07, 6.45) is 2.13. The smallest absolute Gasteiger partial charge is 0.266 e. The Bertz CT molecular complexity index is 768. The van der Waals surface area contributed by atoms with Crippen molar-refractivity contribution in [1.29, 1.82) is 0 Å².